The molecular formula is C12H15N3O2S. The predicted molar refractivity (Wildman–Crippen MR) is 66.6 cm³/mol. The van der Waals surface area contributed by atoms with Gasteiger partial charge in [0.05, 0.1) is 29.1 Å². The Balaban J connectivity index is 1.73. The third-order valence-electron chi connectivity index (χ3n) is 3.29. The molecule has 2 aromatic heterocycles. The van der Waals surface area contributed by atoms with Crippen LogP contribution in [0.1, 0.15) is 47.6 Å². The molecule has 0 bridgehead atoms. The van der Waals surface area contributed by atoms with Crippen molar-refractivity contribution >= 4 is 11.3 Å². The van der Waals surface area contributed by atoms with Gasteiger partial charge in [0.1, 0.15) is 0 Å². The minimum atomic E-state index is -0.334. The molecule has 0 spiro atoms. The molecule has 96 valence electrons. The van der Waals surface area contributed by atoms with Crippen molar-refractivity contribution in [3.63, 3.8) is 0 Å². The largest absolute Gasteiger partial charge is 0.392 e. The Bertz CT molecular complexity index is 537. The molecule has 6 heteroatoms. The summed E-state index contributed by atoms with van der Waals surface area (Å²) in [6, 6.07) is 0. The molecule has 2 heterocycles. The molecule has 0 aromatic carbocycles. The van der Waals surface area contributed by atoms with Crippen LogP contribution in [0.25, 0.3) is 0 Å². The summed E-state index contributed by atoms with van der Waals surface area (Å²) in [5.41, 5.74) is 0.969. The van der Waals surface area contributed by atoms with Crippen LogP contribution in [0.15, 0.2) is 9.90 Å². The molecule has 0 amide bonds. The highest BCUT2D eigenvalue weighted by Gasteiger charge is 2.31. The maximum atomic E-state index is 9.81. The van der Waals surface area contributed by atoms with Gasteiger partial charge in [-0.15, -0.1) is 11.3 Å². The molecule has 1 N–H and O–H groups in total. The van der Waals surface area contributed by atoms with Crippen LogP contribution < -0.4 is 0 Å². The van der Waals surface area contributed by atoms with E-state index < -0.39 is 0 Å². The second kappa shape index (κ2) is 4.78. The van der Waals surface area contributed by atoms with Crippen molar-refractivity contribution in [2.24, 2.45) is 0 Å². The molecule has 2 unspecified atom stereocenters. The Morgan fingerprint density at radius 1 is 1.44 bits per heavy atom. The van der Waals surface area contributed by atoms with E-state index >= 15 is 0 Å². The lowest BCUT2D eigenvalue weighted by Crippen LogP contribution is -2.11. The van der Waals surface area contributed by atoms with E-state index in [1.54, 1.807) is 11.3 Å². The summed E-state index contributed by atoms with van der Waals surface area (Å²) in [7, 11) is 0. The first-order valence-electron chi connectivity index (χ1n) is 6.14. The van der Waals surface area contributed by atoms with Gasteiger partial charge in [-0.3, -0.25) is 0 Å². The van der Waals surface area contributed by atoms with Gasteiger partial charge in [0.2, 0.25) is 5.89 Å². The second-order valence-corrected chi connectivity index (χ2v) is 5.75. The van der Waals surface area contributed by atoms with Gasteiger partial charge in [0.25, 0.3) is 0 Å². The van der Waals surface area contributed by atoms with Gasteiger partial charge in [-0.05, 0) is 26.2 Å². The standard InChI is InChI=1S/C12H15N3O2S/c1-7-13-8(6-18-7)5-11-14-12(17-15-11)9-3-2-4-10(9)16/h6,9-10,16H,2-5H2,1H3. The van der Waals surface area contributed by atoms with Gasteiger partial charge in [-0.2, -0.15) is 4.98 Å². The molecule has 3 rings (SSSR count). The van der Waals surface area contributed by atoms with Crippen molar-refractivity contribution in [3.05, 3.63) is 27.8 Å². The smallest absolute Gasteiger partial charge is 0.232 e. The highest BCUT2D eigenvalue weighted by atomic mass is 32.1. The van der Waals surface area contributed by atoms with Gasteiger partial charge < -0.3 is 9.63 Å². The molecule has 0 radical (unpaired) electrons. The van der Waals surface area contributed by atoms with Crippen LogP contribution in [0.2, 0.25) is 0 Å². The summed E-state index contributed by atoms with van der Waals surface area (Å²) >= 11 is 1.62. The molecular weight excluding hydrogens is 250 g/mol. The number of hydrogen-bond donors (Lipinski definition) is 1. The molecule has 1 aliphatic rings. The molecule has 0 aliphatic heterocycles. The zero-order valence-electron chi connectivity index (χ0n) is 10.2. The summed E-state index contributed by atoms with van der Waals surface area (Å²) in [5, 5.41) is 16.8. The quantitative estimate of drug-likeness (QED) is 0.919. The van der Waals surface area contributed by atoms with Crippen LogP contribution in [0.3, 0.4) is 0 Å². The van der Waals surface area contributed by atoms with Crippen molar-refractivity contribution in [2.45, 2.75) is 44.6 Å². The number of hydrogen-bond acceptors (Lipinski definition) is 6. The van der Waals surface area contributed by atoms with Crippen molar-refractivity contribution in [1.29, 1.82) is 0 Å². The van der Waals surface area contributed by atoms with E-state index in [0.29, 0.717) is 18.1 Å². The van der Waals surface area contributed by atoms with E-state index in [1.807, 2.05) is 12.3 Å². The molecule has 2 atom stereocenters. The van der Waals surface area contributed by atoms with E-state index in [1.165, 1.54) is 0 Å². The first-order valence-corrected chi connectivity index (χ1v) is 7.02. The summed E-state index contributed by atoms with van der Waals surface area (Å²) in [6.07, 6.45) is 3.04. The number of aryl methyl sites for hydroxylation is 1. The molecule has 18 heavy (non-hydrogen) atoms. The zero-order valence-corrected chi connectivity index (χ0v) is 11.0. The minimum Gasteiger partial charge on any atom is -0.392 e. The van der Waals surface area contributed by atoms with Gasteiger partial charge in [0.15, 0.2) is 5.82 Å². The van der Waals surface area contributed by atoms with Crippen molar-refractivity contribution in [1.82, 2.24) is 15.1 Å². The average molecular weight is 265 g/mol. The van der Waals surface area contributed by atoms with Gasteiger partial charge in [-0.25, -0.2) is 4.98 Å². The normalized spacial score (nSPS) is 23.7. The number of aliphatic hydroxyl groups is 1. The highest BCUT2D eigenvalue weighted by Crippen LogP contribution is 2.33. The van der Waals surface area contributed by atoms with Crippen molar-refractivity contribution < 1.29 is 9.63 Å². The maximum absolute atomic E-state index is 9.81. The van der Waals surface area contributed by atoms with Crippen LogP contribution in [0.4, 0.5) is 0 Å². The van der Waals surface area contributed by atoms with Crippen molar-refractivity contribution in [3.8, 4) is 0 Å². The van der Waals surface area contributed by atoms with Crippen LogP contribution in [0, 0.1) is 6.92 Å². The van der Waals surface area contributed by atoms with Crippen molar-refractivity contribution in [2.75, 3.05) is 0 Å². The van der Waals surface area contributed by atoms with E-state index in [-0.39, 0.29) is 12.0 Å². The Labute approximate surface area is 109 Å². The van der Waals surface area contributed by atoms with Gasteiger partial charge in [0, 0.05) is 5.38 Å². The lowest BCUT2D eigenvalue weighted by molar-refractivity contribution is 0.148. The Morgan fingerprint density at radius 3 is 3.00 bits per heavy atom. The van der Waals surface area contributed by atoms with E-state index in [0.717, 1.165) is 30.0 Å². The SMILES string of the molecule is Cc1nc(Cc2noc(C3CCCC3O)n2)cs1. The highest BCUT2D eigenvalue weighted by molar-refractivity contribution is 7.09. The first kappa shape index (κ1) is 11.8. The summed E-state index contributed by atoms with van der Waals surface area (Å²) in [5.74, 6) is 1.24. The third-order valence-corrected chi connectivity index (χ3v) is 4.11. The second-order valence-electron chi connectivity index (χ2n) is 4.69. The summed E-state index contributed by atoms with van der Waals surface area (Å²) in [6.45, 7) is 1.98. The van der Waals surface area contributed by atoms with Crippen LogP contribution >= 0.6 is 11.3 Å². The number of rotatable bonds is 3. The Morgan fingerprint density at radius 2 is 2.33 bits per heavy atom. The lowest BCUT2D eigenvalue weighted by atomic mass is 10.1. The first-order chi connectivity index (χ1) is 8.72. The average Bonchev–Trinajstić information content (AvgIpc) is 3.02. The number of thiazole rings is 1. The monoisotopic (exact) mass is 265 g/mol. The maximum Gasteiger partial charge on any atom is 0.232 e. The summed E-state index contributed by atoms with van der Waals surface area (Å²) in [4.78, 5) is 8.75. The summed E-state index contributed by atoms with van der Waals surface area (Å²) < 4.78 is 5.25. The molecule has 0 saturated heterocycles. The Kier molecular flexibility index (Phi) is 3.13. The van der Waals surface area contributed by atoms with Crippen LogP contribution in [-0.2, 0) is 6.42 Å². The zero-order chi connectivity index (χ0) is 12.5. The van der Waals surface area contributed by atoms with Crippen LogP contribution in [0.5, 0.6) is 0 Å². The lowest BCUT2D eigenvalue weighted by Gasteiger charge is -2.07. The molecule has 1 saturated carbocycles. The minimum absolute atomic E-state index is 0.0171. The Hall–Kier alpha value is -1.27. The molecule has 5 nitrogen and oxygen atoms in total. The van der Waals surface area contributed by atoms with Gasteiger partial charge >= 0.3 is 0 Å². The number of aromatic nitrogens is 3. The fourth-order valence-corrected chi connectivity index (χ4v) is 2.98. The van der Waals surface area contributed by atoms with E-state index in [4.69, 9.17) is 4.52 Å². The number of aliphatic hydroxyl groups excluding tert-OH is 1. The predicted octanol–water partition coefficient (Wildman–Crippen LogP) is 2.05. The molecule has 2 aromatic rings. The third kappa shape index (κ3) is 2.30. The number of nitrogens with zero attached hydrogens (tertiary/aromatic N) is 3. The molecule has 1 aliphatic carbocycles. The van der Waals surface area contributed by atoms with Crippen LogP contribution in [-0.4, -0.2) is 26.3 Å². The van der Waals surface area contributed by atoms with E-state index in [2.05, 4.69) is 15.1 Å². The fourth-order valence-electron chi connectivity index (χ4n) is 2.37. The fraction of sp³-hybridized carbons (Fsp3) is 0.583. The van der Waals surface area contributed by atoms with E-state index in [9.17, 15) is 5.11 Å². The van der Waals surface area contributed by atoms with Gasteiger partial charge in [-0.1, -0.05) is 5.16 Å². The topological polar surface area (TPSA) is 72.0 Å². The molecule has 1 fully saturated rings.